The van der Waals surface area contributed by atoms with Crippen LogP contribution < -0.4 is 4.87 Å². The fraction of sp³-hybridized carbons (Fsp3) is 0.154. The molecule has 8 heteroatoms. The van der Waals surface area contributed by atoms with E-state index in [1.54, 1.807) is 12.1 Å². The summed E-state index contributed by atoms with van der Waals surface area (Å²) in [6, 6.07) is 21.2. The average molecular weight is 471 g/mol. The summed E-state index contributed by atoms with van der Waals surface area (Å²) < 4.78 is 6.25. The maximum absolute atomic E-state index is 11.9. The number of imidazole rings is 1. The molecule has 0 unspecified atom stereocenters. The van der Waals surface area contributed by atoms with Crippen molar-refractivity contribution in [2.45, 2.75) is 26.3 Å². The second-order valence-corrected chi connectivity index (χ2v) is 8.76. The van der Waals surface area contributed by atoms with Crippen molar-refractivity contribution >= 4 is 28.5 Å². The molecule has 7 nitrogen and oxygen atoms in total. The van der Waals surface area contributed by atoms with Crippen molar-refractivity contribution in [2.24, 2.45) is 0 Å². The van der Waals surface area contributed by atoms with Crippen LogP contribution in [0.5, 0.6) is 0 Å². The van der Waals surface area contributed by atoms with Crippen LogP contribution >= 0.6 is 11.5 Å². The first kappa shape index (κ1) is 21.8. The van der Waals surface area contributed by atoms with Crippen molar-refractivity contribution in [2.75, 3.05) is 0 Å². The van der Waals surface area contributed by atoms with Gasteiger partial charge in [-0.2, -0.15) is 4.37 Å². The van der Waals surface area contributed by atoms with Crippen molar-refractivity contribution in [1.29, 1.82) is 0 Å². The highest BCUT2D eigenvalue weighted by molar-refractivity contribution is 7.03. The number of nitrogens with one attached hydrogen (secondary N) is 1. The van der Waals surface area contributed by atoms with Gasteiger partial charge in [0.25, 0.3) is 0 Å². The highest BCUT2D eigenvalue weighted by atomic mass is 32.1. The number of benzene rings is 3. The van der Waals surface area contributed by atoms with Crippen LogP contribution in [0.2, 0.25) is 0 Å². The first-order chi connectivity index (χ1) is 16.5. The minimum absolute atomic E-state index is 0.184. The molecule has 0 spiro atoms. The van der Waals surface area contributed by atoms with Crippen molar-refractivity contribution in [3.8, 4) is 22.5 Å². The molecule has 170 valence electrons. The van der Waals surface area contributed by atoms with Gasteiger partial charge in [-0.1, -0.05) is 61.5 Å². The van der Waals surface area contributed by atoms with Crippen LogP contribution in [0.15, 0.2) is 71.5 Å². The average Bonchev–Trinajstić information content (AvgIpc) is 3.43. The molecule has 0 fully saturated rings. The van der Waals surface area contributed by atoms with E-state index in [4.69, 9.17) is 4.98 Å². The molecule has 0 saturated carbocycles. The van der Waals surface area contributed by atoms with Crippen LogP contribution in [-0.4, -0.2) is 30.0 Å². The molecule has 0 bridgehead atoms. The van der Waals surface area contributed by atoms with Gasteiger partial charge >= 0.3 is 10.8 Å². The topological polar surface area (TPSA) is 101 Å². The van der Waals surface area contributed by atoms with E-state index in [-0.39, 0.29) is 10.4 Å². The lowest BCUT2D eigenvalue weighted by Gasteiger charge is -2.12. The van der Waals surface area contributed by atoms with Gasteiger partial charge in [-0.25, -0.2) is 9.78 Å². The lowest BCUT2D eigenvalue weighted by molar-refractivity contribution is 0.0698. The highest BCUT2D eigenvalue weighted by Crippen LogP contribution is 2.30. The number of hydrogen-bond donors (Lipinski definition) is 2. The number of para-hydroxylation sites is 1. The number of aromatic carboxylic acids is 1. The van der Waals surface area contributed by atoms with Crippen LogP contribution in [0, 0.1) is 0 Å². The zero-order valence-corrected chi connectivity index (χ0v) is 19.3. The second-order valence-electron chi connectivity index (χ2n) is 8.03. The normalized spacial score (nSPS) is 11.2. The summed E-state index contributed by atoms with van der Waals surface area (Å²) in [6.07, 6.45) is 1.69. The van der Waals surface area contributed by atoms with Crippen LogP contribution in [0.4, 0.5) is 0 Å². The van der Waals surface area contributed by atoms with Gasteiger partial charge in [0, 0.05) is 30.1 Å². The molecule has 0 aliphatic rings. The molecule has 2 heterocycles. The number of fused-ring (bicyclic) bond motifs is 1. The zero-order chi connectivity index (χ0) is 23.7. The largest absolute Gasteiger partial charge is 0.478 e. The number of carboxylic acids is 1. The Kier molecular flexibility index (Phi) is 5.81. The van der Waals surface area contributed by atoms with Crippen molar-refractivity contribution in [3.05, 3.63) is 93.3 Å². The summed E-state index contributed by atoms with van der Waals surface area (Å²) in [5.74, 6) is 0.486. The van der Waals surface area contributed by atoms with Crippen molar-refractivity contribution < 1.29 is 9.90 Å². The molecular formula is C26H22N4O3S. The Hall–Kier alpha value is -4.04. The van der Waals surface area contributed by atoms with E-state index < -0.39 is 5.97 Å². The van der Waals surface area contributed by atoms with E-state index in [0.29, 0.717) is 23.4 Å². The van der Waals surface area contributed by atoms with E-state index in [1.807, 2.05) is 59.2 Å². The molecule has 3 aromatic carbocycles. The Morgan fingerprint density at radius 3 is 2.47 bits per heavy atom. The Bertz CT molecular complexity index is 1550. The number of carboxylic acid groups (broad SMARTS) is 1. The number of carbonyl (C=O) groups is 1. The lowest BCUT2D eigenvalue weighted by atomic mass is 9.98. The van der Waals surface area contributed by atoms with Crippen LogP contribution in [0.1, 0.15) is 35.1 Å². The molecule has 0 atom stereocenters. The molecule has 0 aliphatic carbocycles. The Balaban J connectivity index is 1.53. The molecule has 2 N–H and O–H groups in total. The summed E-state index contributed by atoms with van der Waals surface area (Å²) in [5.41, 5.74) is 5.50. The maximum atomic E-state index is 11.9. The standard InChI is InChI=1S/C26H22N4O3S/c1-2-6-22-27-21-10-5-9-20(25(31)32)23(21)30(22)15-16-11-13-17(14-12-16)18-7-3-4-8-19(18)24-28-26(33)34-29-24/h3-5,7-14H,2,6,15H2,1H3,(H,31,32)(H,28,29,33). The number of aryl methyl sites for hydroxylation is 1. The van der Waals surface area contributed by atoms with Gasteiger partial charge in [0.1, 0.15) is 5.82 Å². The fourth-order valence-corrected chi connectivity index (χ4v) is 4.71. The molecule has 2 aromatic heterocycles. The summed E-state index contributed by atoms with van der Waals surface area (Å²) in [5, 5.41) is 9.73. The summed E-state index contributed by atoms with van der Waals surface area (Å²) in [4.78, 5) is 30.8. The highest BCUT2D eigenvalue weighted by Gasteiger charge is 2.18. The maximum Gasteiger partial charge on any atom is 0.337 e. The van der Waals surface area contributed by atoms with E-state index in [9.17, 15) is 14.7 Å². The molecule has 0 aliphatic heterocycles. The number of aromatic amines is 1. The van der Waals surface area contributed by atoms with Gasteiger partial charge in [0.05, 0.1) is 16.6 Å². The molecule has 34 heavy (non-hydrogen) atoms. The minimum Gasteiger partial charge on any atom is -0.478 e. The van der Waals surface area contributed by atoms with Crippen LogP contribution in [0.25, 0.3) is 33.5 Å². The Labute approximate surface area is 199 Å². The quantitative estimate of drug-likeness (QED) is 0.340. The smallest absolute Gasteiger partial charge is 0.337 e. The summed E-state index contributed by atoms with van der Waals surface area (Å²) in [7, 11) is 0. The molecule has 5 rings (SSSR count). The number of nitrogens with zero attached hydrogens (tertiary/aromatic N) is 3. The number of rotatable bonds is 7. The number of aromatic nitrogens is 4. The van der Waals surface area contributed by atoms with Crippen LogP contribution in [0.3, 0.4) is 0 Å². The Morgan fingerprint density at radius 1 is 1.03 bits per heavy atom. The van der Waals surface area contributed by atoms with Crippen molar-refractivity contribution in [3.63, 3.8) is 0 Å². The SMILES string of the molecule is CCCc1nc2cccc(C(=O)O)c2n1Cc1ccc(-c2ccccc2-c2nsc(=O)[nH]2)cc1. The number of H-pyrrole nitrogens is 1. The summed E-state index contributed by atoms with van der Waals surface area (Å²) >= 11 is 0.905. The van der Waals surface area contributed by atoms with Gasteiger partial charge < -0.3 is 9.67 Å². The lowest BCUT2D eigenvalue weighted by Crippen LogP contribution is -2.08. The third-order valence-electron chi connectivity index (χ3n) is 5.78. The summed E-state index contributed by atoms with van der Waals surface area (Å²) in [6.45, 7) is 2.61. The van der Waals surface area contributed by atoms with Gasteiger partial charge in [0.15, 0.2) is 5.82 Å². The van der Waals surface area contributed by atoms with E-state index in [2.05, 4.69) is 16.3 Å². The molecule has 0 saturated heterocycles. The predicted octanol–water partition coefficient (Wildman–Crippen LogP) is 5.21. The van der Waals surface area contributed by atoms with E-state index >= 15 is 0 Å². The van der Waals surface area contributed by atoms with Gasteiger partial charge in [-0.15, -0.1) is 0 Å². The third-order valence-corrected chi connectivity index (χ3v) is 6.32. The van der Waals surface area contributed by atoms with E-state index in [0.717, 1.165) is 52.5 Å². The second kappa shape index (κ2) is 9.07. The molecule has 0 amide bonds. The van der Waals surface area contributed by atoms with Crippen LogP contribution in [-0.2, 0) is 13.0 Å². The zero-order valence-electron chi connectivity index (χ0n) is 18.5. The first-order valence-electron chi connectivity index (χ1n) is 11.0. The van der Waals surface area contributed by atoms with Gasteiger partial charge in [0.2, 0.25) is 0 Å². The minimum atomic E-state index is -0.957. The third kappa shape index (κ3) is 4.04. The predicted molar refractivity (Wildman–Crippen MR) is 133 cm³/mol. The van der Waals surface area contributed by atoms with Crippen molar-refractivity contribution in [1.82, 2.24) is 18.9 Å². The van der Waals surface area contributed by atoms with Gasteiger partial charge in [-0.3, -0.25) is 9.78 Å². The first-order valence-corrected chi connectivity index (χ1v) is 11.8. The Morgan fingerprint density at radius 2 is 1.79 bits per heavy atom. The van der Waals surface area contributed by atoms with Gasteiger partial charge in [-0.05, 0) is 35.2 Å². The number of hydrogen-bond acceptors (Lipinski definition) is 5. The monoisotopic (exact) mass is 470 g/mol. The molecule has 5 aromatic rings. The molecule has 0 radical (unpaired) electrons. The fourth-order valence-electron chi connectivity index (χ4n) is 4.25. The van der Waals surface area contributed by atoms with E-state index in [1.165, 1.54) is 0 Å². The molecular weight excluding hydrogens is 448 g/mol.